The van der Waals surface area contributed by atoms with Crippen molar-refractivity contribution in [1.29, 1.82) is 0 Å². The summed E-state index contributed by atoms with van der Waals surface area (Å²) in [5.41, 5.74) is 31.4. The van der Waals surface area contributed by atoms with Gasteiger partial charge in [-0.2, -0.15) is 0 Å². The van der Waals surface area contributed by atoms with E-state index in [9.17, 15) is 8.42 Å². The average molecular weight is 1810 g/mol. The SMILES string of the molecule is Cc1ccc(C(C)(C)c2ccc(C)cc2)cc1.Cc1ccc(C)c2ccccc12.Cc1ccc(C)cc1.Cc1ccc(Cc2ccc(C)cc2)cc1.Cc1ccc(Oc2ccc(C)cc2)cc1.Cc1ccc(S(=O)(=O)c2ccc(C)cc2)cc1.Cc1ccc(Sc2ccc(C)cc2)cc1.Cc1ccc2cc(C)ccc2c1.Cc1ccc2ccc(C)cc2c1.Cc1cccc2c(C)cccc12. The Morgan fingerprint density at radius 2 is 0.437 bits per heavy atom. The quantitative estimate of drug-likeness (QED) is 0.137. The van der Waals surface area contributed by atoms with E-state index in [2.05, 4.69) is 454 Å². The van der Waals surface area contributed by atoms with Gasteiger partial charge in [0.1, 0.15) is 11.5 Å². The van der Waals surface area contributed by atoms with E-state index in [4.69, 9.17) is 4.74 Å². The number of hydrogen-bond donors (Lipinski definition) is 0. The molecule has 19 aromatic rings. The Labute approximate surface area is 813 Å². The van der Waals surface area contributed by atoms with Gasteiger partial charge in [-0.1, -0.05) is 454 Å². The van der Waals surface area contributed by atoms with Crippen molar-refractivity contribution in [2.75, 3.05) is 0 Å². The topological polar surface area (TPSA) is 43.4 Å². The summed E-state index contributed by atoms with van der Waals surface area (Å²) >= 11 is 1.80. The first-order valence-corrected chi connectivity index (χ1v) is 49.0. The Kier molecular flexibility index (Phi) is 39.0. The summed E-state index contributed by atoms with van der Waals surface area (Å²) < 4.78 is 30.2. The second-order valence-electron chi connectivity index (χ2n) is 36.4. The number of ether oxygens (including phenoxy) is 1. The van der Waals surface area contributed by atoms with Crippen molar-refractivity contribution in [1.82, 2.24) is 0 Å². The lowest BCUT2D eigenvalue weighted by atomic mass is 9.78. The summed E-state index contributed by atoms with van der Waals surface area (Å²) in [5, 5.41) is 10.8. The molecule has 19 rings (SSSR count). The Morgan fingerprint density at radius 3 is 0.733 bits per heavy atom. The van der Waals surface area contributed by atoms with Crippen molar-refractivity contribution >= 4 is 64.7 Å². The van der Waals surface area contributed by atoms with Crippen LogP contribution in [-0.4, -0.2) is 8.42 Å². The predicted molar refractivity (Wildman–Crippen MR) is 586 cm³/mol. The minimum absolute atomic E-state index is 0.0708. The normalized spacial score (nSPS) is 10.6. The molecule has 5 heteroatoms. The van der Waals surface area contributed by atoms with Gasteiger partial charge in [-0.15, -0.1) is 0 Å². The molecule has 0 unspecified atom stereocenters. The Hall–Kier alpha value is -13.7. The maximum atomic E-state index is 12.3. The molecule has 19 aromatic carbocycles. The molecule has 0 aromatic heterocycles. The fraction of sp³-hybridized carbons (Fsp3) is 0.185. The third-order valence-electron chi connectivity index (χ3n) is 23.7. The summed E-state index contributed by atoms with van der Waals surface area (Å²) in [6.07, 6.45) is 1.03. The number of hydrogen-bond acceptors (Lipinski definition) is 4. The molecule has 3 nitrogen and oxygen atoms in total. The monoisotopic (exact) mass is 1810 g/mol. The fourth-order valence-electron chi connectivity index (χ4n) is 14.9. The minimum atomic E-state index is -3.37. The zero-order valence-electron chi connectivity index (χ0n) is 83.5. The molecule has 0 atom stereocenters. The van der Waals surface area contributed by atoms with E-state index in [0.717, 1.165) is 29.0 Å². The third kappa shape index (κ3) is 33.5. The molecule has 0 aliphatic heterocycles. The van der Waals surface area contributed by atoms with Gasteiger partial charge >= 0.3 is 0 Å². The van der Waals surface area contributed by atoms with Crippen molar-refractivity contribution in [3.8, 4) is 11.5 Å². The van der Waals surface area contributed by atoms with Crippen LogP contribution in [0.2, 0.25) is 0 Å². The van der Waals surface area contributed by atoms with Gasteiger partial charge in [-0.25, -0.2) is 8.42 Å². The van der Waals surface area contributed by atoms with E-state index in [0.29, 0.717) is 9.79 Å². The Balaban J connectivity index is 0.000000156. The Morgan fingerprint density at radius 1 is 0.215 bits per heavy atom. The van der Waals surface area contributed by atoms with Crippen LogP contribution in [0, 0.1) is 138 Å². The van der Waals surface area contributed by atoms with E-state index in [-0.39, 0.29) is 5.41 Å². The van der Waals surface area contributed by atoms with Crippen LogP contribution in [0.1, 0.15) is 147 Å². The molecule has 0 saturated heterocycles. The van der Waals surface area contributed by atoms with Crippen LogP contribution in [0.3, 0.4) is 0 Å². The lowest BCUT2D eigenvalue weighted by molar-refractivity contribution is 0.482. The number of sulfone groups is 1. The largest absolute Gasteiger partial charge is 0.457 e. The van der Waals surface area contributed by atoms with Crippen molar-refractivity contribution in [3.05, 3.63) is 546 Å². The number of fused-ring (bicyclic) bond motifs is 4. The van der Waals surface area contributed by atoms with E-state index in [1.165, 1.54) is 175 Å². The highest BCUT2D eigenvalue weighted by Gasteiger charge is 2.23. The standard InChI is InChI=1S/C17H20.C15H16.C14H14O2S.C14H14O.C14H14S.4C12H12.C8H10/c1-13-5-9-15(10-6-13)17(3,4)16-11-7-14(2)8-12-16;1-12-3-7-14(8-4-12)11-15-9-5-13(2)6-10-15;1-11-3-7-13(8-4-11)17(15,16)14-9-5-12(2)6-10-14;2*1-11-3-7-13(8-4-11)15-14-9-5-12(2)6-10-14;1-9-3-5-12-8-10(2)4-6-11(12)7-9;1-9-3-5-11-6-4-10(2)8-12(11)7-9;1-9-5-3-8-12-10(2)6-4-7-11(9)12;1-9-7-8-10(2)12-6-4-3-5-11(9)12;1-7-3-5-8(2)6-4-7/h5-12H,1-4H3;3-10H,11H2,1-2H3;3-10H,1-2H3;2*3-10H,1-2H3;4*3-8H,1-2H3;3-6H,1-2H3. The molecule has 135 heavy (non-hydrogen) atoms. The zero-order chi connectivity index (χ0) is 97.1. The summed E-state index contributed by atoms with van der Waals surface area (Å²) in [4.78, 5) is 3.27. The van der Waals surface area contributed by atoms with Gasteiger partial charge in [0.25, 0.3) is 0 Å². The number of aryl methyl sites for hydroxylation is 20. The molecule has 686 valence electrons. The van der Waals surface area contributed by atoms with Gasteiger partial charge in [0.2, 0.25) is 9.84 Å². The number of rotatable bonds is 10. The summed E-state index contributed by atoms with van der Waals surface area (Å²) in [6.45, 7) is 46.6. The van der Waals surface area contributed by atoms with Crippen LogP contribution in [0.25, 0.3) is 43.1 Å². The Bertz CT molecular complexity index is 6360. The maximum absolute atomic E-state index is 12.3. The molecular weight excluding hydrogens is 1670 g/mol. The summed E-state index contributed by atoms with van der Waals surface area (Å²) in [5.74, 6) is 1.76. The lowest BCUT2D eigenvalue weighted by Gasteiger charge is -2.26. The molecule has 0 aliphatic rings. The molecule has 0 N–H and O–H groups in total. The van der Waals surface area contributed by atoms with Crippen LogP contribution in [0.15, 0.2) is 432 Å². The second kappa shape index (κ2) is 51.0. The van der Waals surface area contributed by atoms with E-state index < -0.39 is 9.84 Å². The molecule has 0 aliphatic carbocycles. The number of benzene rings is 19. The minimum Gasteiger partial charge on any atom is -0.457 e. The molecule has 0 saturated carbocycles. The van der Waals surface area contributed by atoms with Gasteiger partial charge in [0.15, 0.2) is 0 Å². The van der Waals surface area contributed by atoms with Gasteiger partial charge in [0, 0.05) is 15.2 Å². The summed E-state index contributed by atoms with van der Waals surface area (Å²) in [7, 11) is -3.37. The highest BCUT2D eigenvalue weighted by Crippen LogP contribution is 2.34. The molecule has 0 spiro atoms. The van der Waals surface area contributed by atoms with Crippen LogP contribution in [-0.2, 0) is 21.7 Å². The molecule has 0 fully saturated rings. The van der Waals surface area contributed by atoms with Crippen LogP contribution in [0.4, 0.5) is 0 Å². The maximum Gasteiger partial charge on any atom is 0.206 e. The first-order chi connectivity index (χ1) is 64.6. The molecular formula is C130H136O3S2. The van der Waals surface area contributed by atoms with E-state index in [1.807, 2.05) is 62.4 Å². The molecule has 0 radical (unpaired) electrons. The highest BCUT2D eigenvalue weighted by molar-refractivity contribution is 7.99. The van der Waals surface area contributed by atoms with Crippen LogP contribution < -0.4 is 4.74 Å². The van der Waals surface area contributed by atoms with Gasteiger partial charge < -0.3 is 4.74 Å². The van der Waals surface area contributed by atoms with E-state index >= 15 is 0 Å². The summed E-state index contributed by atoms with van der Waals surface area (Å²) in [6, 6.07) is 143. The smallest absolute Gasteiger partial charge is 0.206 e. The first kappa shape index (κ1) is 103. The van der Waals surface area contributed by atoms with Crippen LogP contribution >= 0.6 is 11.8 Å². The van der Waals surface area contributed by atoms with E-state index in [1.54, 1.807) is 60.3 Å². The predicted octanol–water partition coefficient (Wildman–Crippen LogP) is 36.3. The van der Waals surface area contributed by atoms with Gasteiger partial charge in [-0.05, 0) is 305 Å². The van der Waals surface area contributed by atoms with Crippen molar-refractivity contribution < 1.29 is 13.2 Å². The van der Waals surface area contributed by atoms with Crippen molar-refractivity contribution in [2.24, 2.45) is 0 Å². The fourth-order valence-corrected chi connectivity index (χ4v) is 16.9. The van der Waals surface area contributed by atoms with Crippen molar-refractivity contribution in [2.45, 2.75) is 184 Å². The molecule has 0 amide bonds. The molecule has 0 heterocycles. The zero-order valence-corrected chi connectivity index (χ0v) is 85.1. The second-order valence-corrected chi connectivity index (χ2v) is 39.5. The first-order valence-electron chi connectivity index (χ1n) is 46.7. The van der Waals surface area contributed by atoms with Crippen molar-refractivity contribution in [3.63, 3.8) is 0 Å². The van der Waals surface area contributed by atoms with Gasteiger partial charge in [-0.3, -0.25) is 0 Å². The van der Waals surface area contributed by atoms with Crippen LogP contribution in [0.5, 0.6) is 11.5 Å². The average Bonchev–Trinajstić information content (AvgIpc) is 0.801. The highest BCUT2D eigenvalue weighted by atomic mass is 32.2. The third-order valence-corrected chi connectivity index (χ3v) is 26.5. The molecule has 0 bridgehead atoms. The van der Waals surface area contributed by atoms with Gasteiger partial charge in [0.05, 0.1) is 9.79 Å². The lowest BCUT2D eigenvalue weighted by Crippen LogP contribution is -2.18.